The minimum absolute atomic E-state index is 0.0169. The molecule has 0 saturated carbocycles. The summed E-state index contributed by atoms with van der Waals surface area (Å²) in [7, 11) is 0. The maximum atomic E-state index is 13.2. The Hall–Kier alpha value is -2.47. The molecule has 2 aromatic rings. The Kier molecular flexibility index (Phi) is 4.99. The Morgan fingerprint density at radius 2 is 2.24 bits per heavy atom. The SMILES string of the molecule is Cc1ccc(CC(=O)N2CC[C@@](O)(COc3cccc(F)c3)C2)nc1. The molecular formula is C19H21FN2O3. The first kappa shape index (κ1) is 17.4. The van der Waals surface area contributed by atoms with Gasteiger partial charge in [-0.25, -0.2) is 4.39 Å². The molecule has 1 N–H and O–H groups in total. The Balaban J connectivity index is 1.54. The lowest BCUT2D eigenvalue weighted by molar-refractivity contribution is -0.130. The highest BCUT2D eigenvalue weighted by molar-refractivity contribution is 5.78. The first-order valence-electron chi connectivity index (χ1n) is 8.24. The van der Waals surface area contributed by atoms with E-state index in [9.17, 15) is 14.3 Å². The lowest BCUT2D eigenvalue weighted by Gasteiger charge is -2.23. The number of benzene rings is 1. The lowest BCUT2D eigenvalue weighted by atomic mass is 10.1. The van der Waals surface area contributed by atoms with Crippen LogP contribution in [-0.4, -0.2) is 46.2 Å². The topological polar surface area (TPSA) is 62.7 Å². The van der Waals surface area contributed by atoms with Gasteiger partial charge in [0.1, 0.15) is 23.8 Å². The zero-order chi connectivity index (χ0) is 17.9. The van der Waals surface area contributed by atoms with Crippen LogP contribution in [0.15, 0.2) is 42.6 Å². The first-order chi connectivity index (χ1) is 11.9. The Labute approximate surface area is 146 Å². The summed E-state index contributed by atoms with van der Waals surface area (Å²) < 4.78 is 18.7. The van der Waals surface area contributed by atoms with Gasteiger partial charge in [0.05, 0.1) is 13.0 Å². The van der Waals surface area contributed by atoms with Crippen LogP contribution < -0.4 is 4.74 Å². The zero-order valence-electron chi connectivity index (χ0n) is 14.1. The van der Waals surface area contributed by atoms with Gasteiger partial charge >= 0.3 is 0 Å². The molecule has 1 fully saturated rings. The third-order valence-electron chi connectivity index (χ3n) is 4.29. The van der Waals surface area contributed by atoms with Crippen molar-refractivity contribution in [1.29, 1.82) is 0 Å². The van der Waals surface area contributed by atoms with Gasteiger partial charge in [0.15, 0.2) is 0 Å². The molecule has 0 spiro atoms. The van der Waals surface area contributed by atoms with Gasteiger partial charge in [0, 0.05) is 24.5 Å². The van der Waals surface area contributed by atoms with Gasteiger partial charge in [-0.05, 0) is 37.1 Å². The van der Waals surface area contributed by atoms with Crippen LogP contribution in [0.3, 0.4) is 0 Å². The van der Waals surface area contributed by atoms with Crippen molar-refractivity contribution < 1.29 is 19.0 Å². The third-order valence-corrected chi connectivity index (χ3v) is 4.29. The number of carbonyl (C=O) groups is 1. The fourth-order valence-corrected chi connectivity index (χ4v) is 2.83. The molecule has 0 unspecified atom stereocenters. The van der Waals surface area contributed by atoms with Gasteiger partial charge < -0.3 is 14.7 Å². The number of hydrogen-bond donors (Lipinski definition) is 1. The monoisotopic (exact) mass is 344 g/mol. The number of β-amino-alcohol motifs (C(OH)–C–C–N with tert-alkyl or cyclic N) is 1. The highest BCUT2D eigenvalue weighted by Crippen LogP contribution is 2.24. The molecule has 132 valence electrons. The second-order valence-electron chi connectivity index (χ2n) is 6.54. The molecular weight excluding hydrogens is 323 g/mol. The quantitative estimate of drug-likeness (QED) is 0.902. The number of aliphatic hydroxyl groups is 1. The molecule has 0 radical (unpaired) electrons. The van der Waals surface area contributed by atoms with E-state index in [4.69, 9.17) is 4.74 Å². The normalized spacial score (nSPS) is 19.9. The van der Waals surface area contributed by atoms with Crippen LogP contribution in [0.25, 0.3) is 0 Å². The number of hydrogen-bond acceptors (Lipinski definition) is 4. The van der Waals surface area contributed by atoms with Crippen LogP contribution in [0.4, 0.5) is 4.39 Å². The van der Waals surface area contributed by atoms with E-state index in [1.165, 1.54) is 12.1 Å². The van der Waals surface area contributed by atoms with E-state index in [1.807, 2.05) is 19.1 Å². The van der Waals surface area contributed by atoms with E-state index >= 15 is 0 Å². The van der Waals surface area contributed by atoms with Crippen molar-refractivity contribution in [3.05, 3.63) is 59.7 Å². The van der Waals surface area contributed by atoms with Gasteiger partial charge in [-0.15, -0.1) is 0 Å². The van der Waals surface area contributed by atoms with Crippen molar-refractivity contribution in [3.8, 4) is 5.75 Å². The average Bonchev–Trinajstić information content (AvgIpc) is 2.98. The third kappa shape index (κ3) is 4.54. The van der Waals surface area contributed by atoms with E-state index in [2.05, 4.69) is 4.98 Å². The average molecular weight is 344 g/mol. The summed E-state index contributed by atoms with van der Waals surface area (Å²) in [4.78, 5) is 18.3. The summed E-state index contributed by atoms with van der Waals surface area (Å²) in [6.45, 7) is 2.63. The number of halogens is 1. The van der Waals surface area contributed by atoms with Gasteiger partial charge in [-0.3, -0.25) is 9.78 Å². The van der Waals surface area contributed by atoms with Crippen molar-refractivity contribution in [2.75, 3.05) is 19.7 Å². The molecule has 1 aliphatic heterocycles. The van der Waals surface area contributed by atoms with E-state index < -0.39 is 11.4 Å². The molecule has 3 rings (SSSR count). The second kappa shape index (κ2) is 7.19. The van der Waals surface area contributed by atoms with Crippen molar-refractivity contribution in [3.63, 3.8) is 0 Å². The van der Waals surface area contributed by atoms with E-state index in [0.717, 1.165) is 5.56 Å². The van der Waals surface area contributed by atoms with Crippen molar-refractivity contribution in [1.82, 2.24) is 9.88 Å². The number of amides is 1. The van der Waals surface area contributed by atoms with Crippen LogP contribution in [0.5, 0.6) is 5.75 Å². The Bertz CT molecular complexity index is 751. The second-order valence-corrected chi connectivity index (χ2v) is 6.54. The van der Waals surface area contributed by atoms with E-state index in [1.54, 1.807) is 23.2 Å². The molecule has 0 bridgehead atoms. The maximum Gasteiger partial charge on any atom is 0.228 e. The molecule has 1 aliphatic rings. The van der Waals surface area contributed by atoms with E-state index in [-0.39, 0.29) is 25.5 Å². The maximum absolute atomic E-state index is 13.2. The molecule has 1 aromatic heterocycles. The molecule has 5 nitrogen and oxygen atoms in total. The highest BCUT2D eigenvalue weighted by Gasteiger charge is 2.39. The van der Waals surface area contributed by atoms with Gasteiger partial charge in [-0.2, -0.15) is 0 Å². The van der Waals surface area contributed by atoms with Gasteiger partial charge in [0.25, 0.3) is 0 Å². The molecule has 2 heterocycles. The first-order valence-corrected chi connectivity index (χ1v) is 8.24. The number of nitrogens with zero attached hydrogens (tertiary/aromatic N) is 2. The number of aryl methyl sites for hydroxylation is 1. The van der Waals surface area contributed by atoms with Gasteiger partial charge in [-0.1, -0.05) is 12.1 Å². The molecule has 1 atom stereocenters. The predicted octanol–water partition coefficient (Wildman–Crippen LogP) is 2.11. The summed E-state index contributed by atoms with van der Waals surface area (Å²) in [5.74, 6) is -0.0987. The Morgan fingerprint density at radius 3 is 2.96 bits per heavy atom. The van der Waals surface area contributed by atoms with Gasteiger partial charge in [0.2, 0.25) is 5.91 Å². The summed E-state index contributed by atoms with van der Waals surface area (Å²) in [5, 5.41) is 10.6. The van der Waals surface area contributed by atoms with Crippen molar-refractivity contribution >= 4 is 5.91 Å². The number of rotatable bonds is 5. The number of aromatic nitrogens is 1. The number of carbonyl (C=O) groups excluding carboxylic acids is 1. The number of likely N-dealkylation sites (tertiary alicyclic amines) is 1. The smallest absolute Gasteiger partial charge is 0.228 e. The van der Waals surface area contributed by atoms with Crippen LogP contribution in [0.2, 0.25) is 0 Å². The number of pyridine rings is 1. The standard InChI is InChI=1S/C19H21FN2O3/c1-14-5-6-16(21-11-14)10-18(23)22-8-7-19(24,12-22)13-25-17-4-2-3-15(20)9-17/h2-6,9,11,24H,7-8,10,12-13H2,1H3/t19-/m0/s1. The van der Waals surface area contributed by atoms with Crippen LogP contribution in [-0.2, 0) is 11.2 Å². The highest BCUT2D eigenvalue weighted by atomic mass is 19.1. The summed E-state index contributed by atoms with van der Waals surface area (Å²) in [6, 6.07) is 9.54. The molecule has 25 heavy (non-hydrogen) atoms. The van der Waals surface area contributed by atoms with Crippen LogP contribution in [0.1, 0.15) is 17.7 Å². The number of ether oxygens (including phenoxy) is 1. The van der Waals surface area contributed by atoms with Crippen molar-refractivity contribution in [2.24, 2.45) is 0 Å². The van der Waals surface area contributed by atoms with Crippen LogP contribution in [0, 0.1) is 12.7 Å². The largest absolute Gasteiger partial charge is 0.490 e. The zero-order valence-corrected chi connectivity index (χ0v) is 14.1. The lowest BCUT2D eigenvalue weighted by Crippen LogP contribution is -2.41. The molecule has 1 amide bonds. The van der Waals surface area contributed by atoms with E-state index in [0.29, 0.717) is 24.4 Å². The molecule has 6 heteroatoms. The fraction of sp³-hybridized carbons (Fsp3) is 0.368. The summed E-state index contributed by atoms with van der Waals surface area (Å²) >= 11 is 0. The molecule has 1 saturated heterocycles. The van der Waals surface area contributed by atoms with Crippen LogP contribution >= 0.6 is 0 Å². The minimum atomic E-state index is -1.12. The molecule has 0 aliphatic carbocycles. The fourth-order valence-electron chi connectivity index (χ4n) is 2.83. The Morgan fingerprint density at radius 1 is 1.40 bits per heavy atom. The molecule has 1 aromatic carbocycles. The summed E-state index contributed by atoms with van der Waals surface area (Å²) in [6.07, 6.45) is 2.37. The predicted molar refractivity (Wildman–Crippen MR) is 90.7 cm³/mol. The van der Waals surface area contributed by atoms with Crippen molar-refractivity contribution in [2.45, 2.75) is 25.4 Å². The summed E-state index contributed by atoms with van der Waals surface area (Å²) in [5.41, 5.74) is 0.631. The minimum Gasteiger partial charge on any atom is -0.490 e.